The van der Waals surface area contributed by atoms with Crippen molar-refractivity contribution < 1.29 is 9.90 Å². The van der Waals surface area contributed by atoms with Crippen LogP contribution in [0.15, 0.2) is 0 Å². The number of rotatable bonds is 6. The van der Waals surface area contributed by atoms with Gasteiger partial charge in [-0.05, 0) is 13.1 Å². The summed E-state index contributed by atoms with van der Waals surface area (Å²) in [5.74, 6) is 0. The fourth-order valence-electron chi connectivity index (χ4n) is 0.907. The van der Waals surface area contributed by atoms with Crippen LogP contribution in [0.25, 0.3) is 0 Å². The zero-order chi connectivity index (χ0) is 8.69. The highest BCUT2D eigenvalue weighted by Crippen LogP contribution is 1.92. The molecule has 1 unspecified atom stereocenters. The van der Waals surface area contributed by atoms with Crippen molar-refractivity contribution in [1.82, 2.24) is 10.2 Å². The Morgan fingerprint density at radius 1 is 1.55 bits per heavy atom. The van der Waals surface area contributed by atoms with Crippen LogP contribution in [-0.4, -0.2) is 42.3 Å². The SMILES string of the molecule is CCN(CC)C(O)CN[C]=O. The number of hydrogen-bond donors (Lipinski definition) is 2. The van der Waals surface area contributed by atoms with Crippen LogP contribution in [0, 0.1) is 0 Å². The summed E-state index contributed by atoms with van der Waals surface area (Å²) in [7, 11) is 0. The molecular formula is C7H15N2O2. The predicted octanol–water partition coefficient (Wildman–Crippen LogP) is -0.697. The van der Waals surface area contributed by atoms with E-state index in [2.05, 4.69) is 5.32 Å². The van der Waals surface area contributed by atoms with Crippen molar-refractivity contribution in [3.05, 3.63) is 0 Å². The van der Waals surface area contributed by atoms with Gasteiger partial charge in [0.25, 0.3) is 0 Å². The largest absolute Gasteiger partial charge is 0.377 e. The molecule has 0 rings (SSSR count). The minimum Gasteiger partial charge on any atom is -0.377 e. The molecule has 0 aromatic carbocycles. The Morgan fingerprint density at radius 2 is 2.09 bits per heavy atom. The standard InChI is InChI=1S/C7H15N2O2/c1-3-9(4-2)7(11)5-8-6-10/h7,11H,3-5H2,1-2H3,(H,8,10). The smallest absolute Gasteiger partial charge is 0.309 e. The van der Waals surface area contributed by atoms with Gasteiger partial charge in [-0.3, -0.25) is 9.69 Å². The average Bonchev–Trinajstić information content (AvgIpc) is 2.03. The molecular weight excluding hydrogens is 144 g/mol. The molecule has 4 nitrogen and oxygen atoms in total. The highest BCUT2D eigenvalue weighted by molar-refractivity contribution is 5.46. The molecule has 1 atom stereocenters. The quantitative estimate of drug-likeness (QED) is 0.398. The molecule has 0 bridgehead atoms. The third-order valence-corrected chi connectivity index (χ3v) is 1.59. The van der Waals surface area contributed by atoms with E-state index in [-0.39, 0.29) is 6.54 Å². The van der Waals surface area contributed by atoms with Crippen molar-refractivity contribution >= 4 is 6.41 Å². The fraction of sp³-hybridized carbons (Fsp3) is 0.857. The Labute approximate surface area is 67.2 Å². The second-order valence-corrected chi connectivity index (χ2v) is 2.18. The molecule has 65 valence electrons. The minimum atomic E-state index is -0.591. The second-order valence-electron chi connectivity index (χ2n) is 2.18. The van der Waals surface area contributed by atoms with Crippen LogP contribution in [0.1, 0.15) is 13.8 Å². The third kappa shape index (κ3) is 3.95. The Kier molecular flexibility index (Phi) is 5.78. The summed E-state index contributed by atoms with van der Waals surface area (Å²) in [5.41, 5.74) is 0. The maximum absolute atomic E-state index is 9.74. The summed E-state index contributed by atoms with van der Waals surface area (Å²) in [5, 5.41) is 11.6. The lowest BCUT2D eigenvalue weighted by Crippen LogP contribution is -2.41. The zero-order valence-corrected chi connectivity index (χ0v) is 7.00. The van der Waals surface area contributed by atoms with Crippen LogP contribution in [0.4, 0.5) is 0 Å². The molecule has 0 heterocycles. The molecule has 4 heteroatoms. The first-order valence-electron chi connectivity index (χ1n) is 3.78. The van der Waals surface area contributed by atoms with Gasteiger partial charge in [-0.25, -0.2) is 0 Å². The van der Waals surface area contributed by atoms with Crippen LogP contribution >= 0.6 is 0 Å². The van der Waals surface area contributed by atoms with Crippen LogP contribution in [0.3, 0.4) is 0 Å². The lowest BCUT2D eigenvalue weighted by atomic mass is 10.4. The van der Waals surface area contributed by atoms with Gasteiger partial charge in [0.05, 0.1) is 6.54 Å². The molecule has 0 saturated heterocycles. The van der Waals surface area contributed by atoms with E-state index in [9.17, 15) is 9.90 Å². The van der Waals surface area contributed by atoms with Crippen molar-refractivity contribution in [3.63, 3.8) is 0 Å². The fourth-order valence-corrected chi connectivity index (χ4v) is 0.907. The summed E-state index contributed by atoms with van der Waals surface area (Å²) in [6, 6.07) is 0. The monoisotopic (exact) mass is 159 g/mol. The van der Waals surface area contributed by atoms with E-state index < -0.39 is 6.23 Å². The van der Waals surface area contributed by atoms with Gasteiger partial charge in [-0.15, -0.1) is 0 Å². The number of carbonyl (C=O) groups excluding carboxylic acids is 1. The molecule has 0 spiro atoms. The van der Waals surface area contributed by atoms with E-state index in [0.29, 0.717) is 0 Å². The van der Waals surface area contributed by atoms with Crippen molar-refractivity contribution in [2.75, 3.05) is 19.6 Å². The number of amides is 1. The first kappa shape index (κ1) is 10.4. The van der Waals surface area contributed by atoms with E-state index in [1.165, 1.54) is 6.41 Å². The van der Waals surface area contributed by atoms with Gasteiger partial charge in [0.1, 0.15) is 6.23 Å². The van der Waals surface area contributed by atoms with E-state index >= 15 is 0 Å². The average molecular weight is 159 g/mol. The number of hydrogen-bond acceptors (Lipinski definition) is 3. The third-order valence-electron chi connectivity index (χ3n) is 1.59. The predicted molar refractivity (Wildman–Crippen MR) is 42.6 cm³/mol. The number of likely N-dealkylation sites (N-methyl/N-ethyl adjacent to an activating group) is 1. The van der Waals surface area contributed by atoms with Gasteiger partial charge in [0.15, 0.2) is 0 Å². The van der Waals surface area contributed by atoms with Crippen molar-refractivity contribution in [2.24, 2.45) is 0 Å². The number of nitrogens with one attached hydrogen (secondary N) is 1. The van der Waals surface area contributed by atoms with E-state index in [1.54, 1.807) is 0 Å². The molecule has 0 aromatic rings. The maximum atomic E-state index is 9.74. The molecule has 2 N–H and O–H groups in total. The molecule has 0 saturated carbocycles. The summed E-state index contributed by atoms with van der Waals surface area (Å²) in [6.45, 7) is 5.70. The molecule has 0 aromatic heterocycles. The number of aliphatic hydroxyl groups is 1. The molecule has 1 amide bonds. The zero-order valence-electron chi connectivity index (χ0n) is 7.00. The molecule has 0 aliphatic rings. The Balaban J connectivity index is 3.59. The molecule has 0 aliphatic heterocycles. The lowest BCUT2D eigenvalue weighted by molar-refractivity contribution is 0.0150. The first-order chi connectivity index (χ1) is 5.26. The van der Waals surface area contributed by atoms with Gasteiger partial charge in [0.2, 0.25) is 0 Å². The number of aliphatic hydroxyl groups excluding tert-OH is 1. The van der Waals surface area contributed by atoms with Crippen molar-refractivity contribution in [1.29, 1.82) is 0 Å². The van der Waals surface area contributed by atoms with Gasteiger partial charge in [-0.1, -0.05) is 13.8 Å². The summed E-state index contributed by atoms with van der Waals surface area (Å²) in [6.07, 6.45) is 0.924. The van der Waals surface area contributed by atoms with E-state index in [4.69, 9.17) is 0 Å². The summed E-state index contributed by atoms with van der Waals surface area (Å²) < 4.78 is 0. The van der Waals surface area contributed by atoms with E-state index in [1.807, 2.05) is 18.7 Å². The van der Waals surface area contributed by atoms with Crippen LogP contribution < -0.4 is 5.32 Å². The highest BCUT2D eigenvalue weighted by Gasteiger charge is 2.09. The van der Waals surface area contributed by atoms with Crippen LogP contribution in [-0.2, 0) is 4.79 Å². The Bertz CT molecular complexity index is 105. The Hall–Kier alpha value is -0.610. The highest BCUT2D eigenvalue weighted by atomic mass is 16.3. The van der Waals surface area contributed by atoms with Gasteiger partial charge < -0.3 is 10.4 Å². The topological polar surface area (TPSA) is 52.6 Å². The van der Waals surface area contributed by atoms with E-state index in [0.717, 1.165) is 13.1 Å². The lowest BCUT2D eigenvalue weighted by Gasteiger charge is -2.24. The van der Waals surface area contributed by atoms with Gasteiger partial charge in [-0.2, -0.15) is 0 Å². The first-order valence-corrected chi connectivity index (χ1v) is 3.78. The molecule has 1 radical (unpaired) electrons. The Morgan fingerprint density at radius 3 is 2.45 bits per heavy atom. The second kappa shape index (κ2) is 6.12. The molecule has 0 aliphatic carbocycles. The minimum absolute atomic E-state index is 0.241. The van der Waals surface area contributed by atoms with Gasteiger partial charge in [0, 0.05) is 0 Å². The summed E-state index contributed by atoms with van der Waals surface area (Å²) in [4.78, 5) is 11.6. The van der Waals surface area contributed by atoms with Crippen LogP contribution in [0.5, 0.6) is 0 Å². The van der Waals surface area contributed by atoms with Crippen LogP contribution in [0.2, 0.25) is 0 Å². The molecule has 0 fully saturated rings. The summed E-state index contributed by atoms with van der Waals surface area (Å²) >= 11 is 0. The van der Waals surface area contributed by atoms with Crippen molar-refractivity contribution in [3.8, 4) is 0 Å². The number of nitrogens with zero attached hydrogens (tertiary/aromatic N) is 1. The van der Waals surface area contributed by atoms with Crippen molar-refractivity contribution in [2.45, 2.75) is 20.1 Å². The molecule has 11 heavy (non-hydrogen) atoms. The normalized spacial score (nSPS) is 13.1. The maximum Gasteiger partial charge on any atom is 0.309 e. The van der Waals surface area contributed by atoms with Gasteiger partial charge >= 0.3 is 6.41 Å².